The van der Waals surface area contributed by atoms with Crippen molar-refractivity contribution in [1.82, 2.24) is 4.98 Å². The molecule has 0 saturated carbocycles. The van der Waals surface area contributed by atoms with E-state index in [9.17, 15) is 14.4 Å². The summed E-state index contributed by atoms with van der Waals surface area (Å²) in [6.07, 6.45) is 0. The molecule has 0 aliphatic carbocycles. The molecular weight excluding hydrogens is 386 g/mol. The number of rotatable bonds is 6. The van der Waals surface area contributed by atoms with Crippen molar-refractivity contribution in [2.75, 3.05) is 14.2 Å². The molecule has 0 bridgehead atoms. The van der Waals surface area contributed by atoms with Crippen LogP contribution in [0.15, 0.2) is 48.5 Å². The SMILES string of the molecule is COC(=O)c1[nH]c(C(C)=O)c(-c2ccc(OC)cc2)c1-c1ccc(OC(C)=O)cc1. The topological polar surface area (TPSA) is 94.7 Å². The maximum Gasteiger partial charge on any atom is 0.355 e. The summed E-state index contributed by atoms with van der Waals surface area (Å²) in [6, 6.07) is 13.8. The van der Waals surface area contributed by atoms with E-state index in [4.69, 9.17) is 14.2 Å². The van der Waals surface area contributed by atoms with Crippen molar-refractivity contribution in [1.29, 1.82) is 0 Å². The van der Waals surface area contributed by atoms with E-state index in [-0.39, 0.29) is 11.5 Å². The summed E-state index contributed by atoms with van der Waals surface area (Å²) in [7, 11) is 2.84. The number of aromatic amines is 1. The molecule has 2 aromatic carbocycles. The predicted molar refractivity (Wildman–Crippen MR) is 111 cm³/mol. The third kappa shape index (κ3) is 4.10. The lowest BCUT2D eigenvalue weighted by atomic mass is 9.94. The van der Waals surface area contributed by atoms with E-state index in [1.807, 2.05) is 12.1 Å². The minimum Gasteiger partial charge on any atom is -0.497 e. The first-order chi connectivity index (χ1) is 14.3. The molecule has 30 heavy (non-hydrogen) atoms. The maximum atomic E-state index is 12.5. The van der Waals surface area contributed by atoms with Gasteiger partial charge in [-0.2, -0.15) is 0 Å². The van der Waals surface area contributed by atoms with Crippen LogP contribution in [0.25, 0.3) is 22.3 Å². The number of carbonyl (C=O) groups excluding carboxylic acids is 3. The number of hydrogen-bond donors (Lipinski definition) is 1. The van der Waals surface area contributed by atoms with Gasteiger partial charge in [0.05, 0.1) is 19.9 Å². The van der Waals surface area contributed by atoms with Gasteiger partial charge in [-0.3, -0.25) is 9.59 Å². The van der Waals surface area contributed by atoms with E-state index in [0.29, 0.717) is 33.9 Å². The Morgan fingerprint density at radius 1 is 0.733 bits per heavy atom. The van der Waals surface area contributed by atoms with E-state index in [2.05, 4.69) is 4.98 Å². The number of benzene rings is 2. The summed E-state index contributed by atoms with van der Waals surface area (Å²) < 4.78 is 15.2. The van der Waals surface area contributed by atoms with Crippen LogP contribution < -0.4 is 9.47 Å². The Balaban J connectivity index is 2.26. The van der Waals surface area contributed by atoms with Crippen LogP contribution in [0.4, 0.5) is 0 Å². The van der Waals surface area contributed by atoms with Crippen LogP contribution in [0.1, 0.15) is 34.8 Å². The zero-order valence-electron chi connectivity index (χ0n) is 17.1. The van der Waals surface area contributed by atoms with E-state index < -0.39 is 11.9 Å². The molecule has 0 radical (unpaired) electrons. The van der Waals surface area contributed by atoms with Gasteiger partial charge in [-0.05, 0) is 35.4 Å². The van der Waals surface area contributed by atoms with Crippen LogP contribution >= 0.6 is 0 Å². The number of carbonyl (C=O) groups is 3. The van der Waals surface area contributed by atoms with Gasteiger partial charge < -0.3 is 19.2 Å². The van der Waals surface area contributed by atoms with Crippen molar-refractivity contribution in [3.63, 3.8) is 0 Å². The molecule has 0 saturated heterocycles. The molecule has 0 unspecified atom stereocenters. The van der Waals surface area contributed by atoms with E-state index in [1.165, 1.54) is 21.0 Å². The fourth-order valence-corrected chi connectivity index (χ4v) is 3.21. The fourth-order valence-electron chi connectivity index (χ4n) is 3.21. The van der Waals surface area contributed by atoms with Crippen molar-refractivity contribution in [3.8, 4) is 33.8 Å². The molecule has 3 aromatic rings. The van der Waals surface area contributed by atoms with Gasteiger partial charge in [0.25, 0.3) is 0 Å². The lowest BCUT2D eigenvalue weighted by molar-refractivity contribution is -0.131. The molecule has 0 amide bonds. The second kappa shape index (κ2) is 8.65. The predicted octanol–water partition coefficient (Wildman–Crippen LogP) is 4.27. The lowest BCUT2D eigenvalue weighted by Gasteiger charge is -2.10. The molecule has 1 heterocycles. The van der Waals surface area contributed by atoms with Crippen LogP contribution in [0.3, 0.4) is 0 Å². The minimum absolute atomic E-state index is 0.161. The standard InChI is InChI=1S/C23H21NO6/c1-13(25)21-19(15-5-9-17(28-3)10-6-15)20(22(24-21)23(27)29-4)16-7-11-18(12-8-16)30-14(2)26/h5-12,24H,1-4H3. The van der Waals surface area contributed by atoms with Gasteiger partial charge in [0.1, 0.15) is 17.2 Å². The van der Waals surface area contributed by atoms with Crippen LogP contribution in [-0.4, -0.2) is 36.9 Å². The highest BCUT2D eigenvalue weighted by atomic mass is 16.5. The molecule has 0 spiro atoms. The molecule has 0 atom stereocenters. The summed E-state index contributed by atoms with van der Waals surface area (Å²) in [5.41, 5.74) is 2.93. The first-order valence-electron chi connectivity index (χ1n) is 9.14. The number of aromatic nitrogens is 1. The molecule has 154 valence electrons. The number of nitrogens with one attached hydrogen (secondary N) is 1. The number of ketones is 1. The van der Waals surface area contributed by atoms with Crippen LogP contribution in [0, 0.1) is 0 Å². The maximum absolute atomic E-state index is 12.5. The highest BCUT2D eigenvalue weighted by molar-refractivity contribution is 6.10. The summed E-state index contributed by atoms with van der Waals surface area (Å²) in [5, 5.41) is 0. The fraction of sp³-hybridized carbons (Fsp3) is 0.174. The molecule has 3 rings (SSSR count). The van der Waals surface area contributed by atoms with Gasteiger partial charge >= 0.3 is 11.9 Å². The normalized spacial score (nSPS) is 10.4. The van der Waals surface area contributed by atoms with Gasteiger partial charge in [-0.1, -0.05) is 24.3 Å². The van der Waals surface area contributed by atoms with E-state index >= 15 is 0 Å². The summed E-state index contributed by atoms with van der Waals surface area (Å²) >= 11 is 0. The molecule has 0 aliphatic rings. The lowest BCUT2D eigenvalue weighted by Crippen LogP contribution is -2.04. The average Bonchev–Trinajstić information content (AvgIpc) is 3.14. The van der Waals surface area contributed by atoms with Crippen LogP contribution in [-0.2, 0) is 9.53 Å². The third-order valence-corrected chi connectivity index (χ3v) is 4.52. The highest BCUT2D eigenvalue weighted by Gasteiger charge is 2.26. The number of hydrogen-bond acceptors (Lipinski definition) is 6. The Morgan fingerprint density at radius 3 is 1.67 bits per heavy atom. The van der Waals surface area contributed by atoms with Gasteiger partial charge in [-0.25, -0.2) is 4.79 Å². The number of esters is 2. The first-order valence-corrected chi connectivity index (χ1v) is 9.14. The van der Waals surface area contributed by atoms with Gasteiger partial charge in [0.2, 0.25) is 0 Å². The monoisotopic (exact) mass is 407 g/mol. The van der Waals surface area contributed by atoms with Gasteiger partial charge in [-0.15, -0.1) is 0 Å². The van der Waals surface area contributed by atoms with Crippen molar-refractivity contribution < 1.29 is 28.6 Å². The Hall–Kier alpha value is -3.87. The molecule has 0 aliphatic heterocycles. The van der Waals surface area contributed by atoms with Crippen molar-refractivity contribution in [2.24, 2.45) is 0 Å². The number of H-pyrrole nitrogens is 1. The molecular formula is C23H21NO6. The average molecular weight is 407 g/mol. The quantitative estimate of drug-likeness (QED) is 0.372. The second-order valence-electron chi connectivity index (χ2n) is 6.52. The highest BCUT2D eigenvalue weighted by Crippen LogP contribution is 2.39. The van der Waals surface area contributed by atoms with Crippen molar-refractivity contribution >= 4 is 17.7 Å². The largest absolute Gasteiger partial charge is 0.497 e. The molecule has 0 fully saturated rings. The second-order valence-corrected chi connectivity index (χ2v) is 6.52. The zero-order chi connectivity index (χ0) is 21.8. The third-order valence-electron chi connectivity index (χ3n) is 4.52. The molecule has 1 aromatic heterocycles. The van der Waals surface area contributed by atoms with E-state index in [0.717, 1.165) is 5.56 Å². The van der Waals surface area contributed by atoms with Crippen molar-refractivity contribution in [3.05, 3.63) is 59.9 Å². The Kier molecular flexibility index (Phi) is 6.01. The van der Waals surface area contributed by atoms with E-state index in [1.54, 1.807) is 43.5 Å². The minimum atomic E-state index is -0.601. The molecule has 7 heteroatoms. The first kappa shape index (κ1) is 20.9. The summed E-state index contributed by atoms with van der Waals surface area (Å²) in [5.74, 6) is -0.221. The smallest absolute Gasteiger partial charge is 0.355 e. The Morgan fingerprint density at radius 2 is 1.23 bits per heavy atom. The summed E-state index contributed by atoms with van der Waals surface area (Å²) in [4.78, 5) is 39.0. The zero-order valence-corrected chi connectivity index (χ0v) is 17.1. The molecule has 7 nitrogen and oxygen atoms in total. The number of Topliss-reactive ketones (excluding diaryl/α,β-unsaturated/α-hetero) is 1. The van der Waals surface area contributed by atoms with Crippen LogP contribution in [0.2, 0.25) is 0 Å². The Labute approximate surface area is 173 Å². The Bertz CT molecular complexity index is 1090. The van der Waals surface area contributed by atoms with Gasteiger partial charge in [0.15, 0.2) is 5.78 Å². The van der Waals surface area contributed by atoms with Crippen LogP contribution in [0.5, 0.6) is 11.5 Å². The summed E-state index contributed by atoms with van der Waals surface area (Å²) in [6.45, 7) is 2.74. The van der Waals surface area contributed by atoms with Crippen molar-refractivity contribution in [2.45, 2.75) is 13.8 Å². The molecule has 1 N–H and O–H groups in total. The van der Waals surface area contributed by atoms with Gasteiger partial charge in [0, 0.05) is 25.0 Å². The number of ether oxygens (including phenoxy) is 3. The number of methoxy groups -OCH3 is 2.